The fourth-order valence-corrected chi connectivity index (χ4v) is 2.63. The van der Waals surface area contributed by atoms with E-state index in [0.717, 1.165) is 24.6 Å². The molecule has 0 saturated carbocycles. The molecule has 1 aromatic rings. The van der Waals surface area contributed by atoms with Crippen molar-refractivity contribution in [1.29, 1.82) is 0 Å². The van der Waals surface area contributed by atoms with Gasteiger partial charge in [-0.1, -0.05) is 6.92 Å². The predicted octanol–water partition coefficient (Wildman–Crippen LogP) is 1.55. The smallest absolute Gasteiger partial charge is 0.335 e. The van der Waals surface area contributed by atoms with Crippen LogP contribution in [0, 0.1) is 5.82 Å². The second-order valence-corrected chi connectivity index (χ2v) is 5.92. The number of halogens is 1. The van der Waals surface area contributed by atoms with Crippen molar-refractivity contribution in [3.63, 3.8) is 0 Å². The standard InChI is InChI=1S/C13H16FNO4S/c1-3-6-15-12(16)8(2)20(19)11-7-9(13(17)18)4-5-10(11)14/h4-5,7-8H,3,6H2,1-2H3,(H,15,16)(H,17,18). The summed E-state index contributed by atoms with van der Waals surface area (Å²) in [5, 5.41) is 10.5. The lowest BCUT2D eigenvalue weighted by molar-refractivity contribution is -0.120. The van der Waals surface area contributed by atoms with E-state index in [4.69, 9.17) is 5.11 Å². The Morgan fingerprint density at radius 3 is 2.65 bits per heavy atom. The minimum Gasteiger partial charge on any atom is -0.478 e. The van der Waals surface area contributed by atoms with Gasteiger partial charge >= 0.3 is 5.97 Å². The molecule has 2 unspecified atom stereocenters. The average molecular weight is 301 g/mol. The molecule has 0 aliphatic carbocycles. The summed E-state index contributed by atoms with van der Waals surface area (Å²) in [6.07, 6.45) is 0.730. The second kappa shape index (κ2) is 7.14. The lowest BCUT2D eigenvalue weighted by atomic mass is 10.2. The van der Waals surface area contributed by atoms with E-state index >= 15 is 0 Å². The van der Waals surface area contributed by atoms with E-state index in [1.165, 1.54) is 6.92 Å². The van der Waals surface area contributed by atoms with Crippen LogP contribution >= 0.6 is 0 Å². The molecular formula is C13H16FNO4S. The maximum Gasteiger partial charge on any atom is 0.335 e. The molecule has 0 bridgehead atoms. The number of hydrogen-bond acceptors (Lipinski definition) is 3. The highest BCUT2D eigenvalue weighted by Gasteiger charge is 2.24. The number of nitrogens with one attached hydrogen (secondary N) is 1. The monoisotopic (exact) mass is 301 g/mol. The second-order valence-electron chi connectivity index (χ2n) is 4.18. The third kappa shape index (κ3) is 3.86. The molecule has 0 fully saturated rings. The topological polar surface area (TPSA) is 83.5 Å². The largest absolute Gasteiger partial charge is 0.478 e. The van der Waals surface area contributed by atoms with E-state index in [0.29, 0.717) is 6.54 Å². The van der Waals surface area contributed by atoms with Crippen LogP contribution in [0.1, 0.15) is 30.6 Å². The molecular weight excluding hydrogens is 285 g/mol. The number of carboxylic acid groups (broad SMARTS) is 1. The van der Waals surface area contributed by atoms with Gasteiger partial charge in [0, 0.05) is 6.54 Å². The molecule has 7 heteroatoms. The predicted molar refractivity (Wildman–Crippen MR) is 72.5 cm³/mol. The molecule has 2 N–H and O–H groups in total. The Hall–Kier alpha value is -1.76. The van der Waals surface area contributed by atoms with Crippen LogP contribution in [0.4, 0.5) is 4.39 Å². The zero-order chi connectivity index (χ0) is 15.3. The van der Waals surface area contributed by atoms with Crippen molar-refractivity contribution in [3.05, 3.63) is 29.6 Å². The lowest BCUT2D eigenvalue weighted by Gasteiger charge is -2.12. The molecule has 0 aliphatic rings. The summed E-state index contributed by atoms with van der Waals surface area (Å²) in [7, 11) is -1.95. The molecule has 0 radical (unpaired) electrons. The Morgan fingerprint density at radius 2 is 2.10 bits per heavy atom. The van der Waals surface area contributed by atoms with Gasteiger partial charge in [0.15, 0.2) is 0 Å². The number of hydrogen-bond donors (Lipinski definition) is 2. The van der Waals surface area contributed by atoms with Crippen molar-refractivity contribution >= 4 is 22.7 Å². The molecule has 1 rings (SSSR count). The number of amides is 1. The first kappa shape index (κ1) is 16.3. The highest BCUT2D eigenvalue weighted by atomic mass is 32.2. The van der Waals surface area contributed by atoms with Crippen molar-refractivity contribution in [1.82, 2.24) is 5.32 Å². The van der Waals surface area contributed by atoms with E-state index in [9.17, 15) is 18.2 Å². The fraction of sp³-hybridized carbons (Fsp3) is 0.385. The Balaban J connectivity index is 2.99. The summed E-state index contributed by atoms with van der Waals surface area (Å²) in [6.45, 7) is 3.73. The van der Waals surface area contributed by atoms with Crippen LogP contribution in [0.15, 0.2) is 23.1 Å². The molecule has 0 aromatic heterocycles. The number of rotatable bonds is 6. The molecule has 0 saturated heterocycles. The van der Waals surface area contributed by atoms with E-state index in [1.807, 2.05) is 6.92 Å². The van der Waals surface area contributed by atoms with Crippen molar-refractivity contribution in [3.8, 4) is 0 Å². The number of benzene rings is 1. The van der Waals surface area contributed by atoms with Gasteiger partial charge in [0.25, 0.3) is 0 Å². The van der Waals surface area contributed by atoms with Crippen LogP contribution in [0.5, 0.6) is 0 Å². The molecule has 0 heterocycles. The lowest BCUT2D eigenvalue weighted by Crippen LogP contribution is -2.36. The van der Waals surface area contributed by atoms with Crippen molar-refractivity contribution in [2.45, 2.75) is 30.4 Å². The number of carbonyl (C=O) groups is 2. The van der Waals surface area contributed by atoms with Gasteiger partial charge in [-0.3, -0.25) is 9.00 Å². The molecule has 5 nitrogen and oxygen atoms in total. The normalized spacial score (nSPS) is 13.6. The van der Waals surface area contributed by atoms with Gasteiger partial charge < -0.3 is 10.4 Å². The Bertz CT molecular complexity index is 547. The van der Waals surface area contributed by atoms with Gasteiger partial charge in [-0.2, -0.15) is 0 Å². The van der Waals surface area contributed by atoms with E-state index < -0.39 is 33.7 Å². The highest BCUT2D eigenvalue weighted by molar-refractivity contribution is 7.86. The molecule has 1 aromatic carbocycles. The molecule has 0 aliphatic heterocycles. The SMILES string of the molecule is CCCNC(=O)C(C)S(=O)c1cc(C(=O)O)ccc1F. The summed E-state index contributed by atoms with van der Waals surface area (Å²) in [4.78, 5) is 22.3. The number of aromatic carboxylic acids is 1. The van der Waals surface area contributed by atoms with Crippen LogP contribution in [0.25, 0.3) is 0 Å². The third-order valence-electron chi connectivity index (χ3n) is 2.63. The average Bonchev–Trinajstić information content (AvgIpc) is 2.43. The first-order valence-corrected chi connectivity index (χ1v) is 7.31. The first-order valence-electron chi connectivity index (χ1n) is 6.09. The molecule has 20 heavy (non-hydrogen) atoms. The summed E-state index contributed by atoms with van der Waals surface area (Å²) < 4.78 is 25.8. The molecule has 110 valence electrons. The highest BCUT2D eigenvalue weighted by Crippen LogP contribution is 2.18. The summed E-state index contributed by atoms with van der Waals surface area (Å²) in [5.74, 6) is -2.49. The third-order valence-corrected chi connectivity index (χ3v) is 4.24. The maximum absolute atomic E-state index is 13.6. The van der Waals surface area contributed by atoms with E-state index in [-0.39, 0.29) is 10.5 Å². The number of carboxylic acids is 1. The minimum atomic E-state index is -1.95. The fourth-order valence-electron chi connectivity index (χ4n) is 1.47. The van der Waals surface area contributed by atoms with Crippen molar-refractivity contribution < 1.29 is 23.3 Å². The van der Waals surface area contributed by atoms with Crippen LogP contribution in [0.3, 0.4) is 0 Å². The zero-order valence-electron chi connectivity index (χ0n) is 11.2. The Labute approximate surface area is 118 Å². The van der Waals surface area contributed by atoms with Crippen LogP contribution in [0.2, 0.25) is 0 Å². The van der Waals surface area contributed by atoms with Gasteiger partial charge in [-0.25, -0.2) is 9.18 Å². The first-order chi connectivity index (χ1) is 9.38. The van der Waals surface area contributed by atoms with Gasteiger partial charge in [0.05, 0.1) is 21.3 Å². The quantitative estimate of drug-likeness (QED) is 0.835. The maximum atomic E-state index is 13.6. The summed E-state index contributed by atoms with van der Waals surface area (Å²) in [6, 6.07) is 3.02. The minimum absolute atomic E-state index is 0.170. The number of carbonyl (C=O) groups excluding carboxylic acids is 1. The van der Waals surface area contributed by atoms with Crippen molar-refractivity contribution in [2.75, 3.05) is 6.54 Å². The summed E-state index contributed by atoms with van der Waals surface area (Å²) >= 11 is 0. The van der Waals surface area contributed by atoms with E-state index in [2.05, 4.69) is 5.32 Å². The summed E-state index contributed by atoms with van der Waals surface area (Å²) in [5.41, 5.74) is -0.170. The van der Waals surface area contributed by atoms with Crippen LogP contribution < -0.4 is 5.32 Å². The Morgan fingerprint density at radius 1 is 1.45 bits per heavy atom. The van der Waals surface area contributed by atoms with Crippen LogP contribution in [-0.2, 0) is 15.6 Å². The molecule has 1 amide bonds. The van der Waals surface area contributed by atoms with E-state index in [1.54, 1.807) is 0 Å². The van der Waals surface area contributed by atoms with Gasteiger partial charge in [0.1, 0.15) is 11.1 Å². The molecule has 2 atom stereocenters. The van der Waals surface area contributed by atoms with Gasteiger partial charge in [-0.05, 0) is 31.5 Å². The van der Waals surface area contributed by atoms with Crippen molar-refractivity contribution in [2.24, 2.45) is 0 Å². The zero-order valence-corrected chi connectivity index (χ0v) is 12.0. The van der Waals surface area contributed by atoms with Gasteiger partial charge in [0.2, 0.25) is 5.91 Å². The molecule has 0 spiro atoms. The van der Waals surface area contributed by atoms with Crippen LogP contribution in [-0.4, -0.2) is 33.0 Å². The Kier molecular flexibility index (Phi) is 5.82. The van der Waals surface area contributed by atoms with Gasteiger partial charge in [-0.15, -0.1) is 0 Å².